The van der Waals surface area contributed by atoms with Gasteiger partial charge < -0.3 is 10.4 Å². The average molecular weight is 424 g/mol. The second-order valence-electron chi connectivity index (χ2n) is 8.05. The maximum absolute atomic E-state index is 12.2. The summed E-state index contributed by atoms with van der Waals surface area (Å²) >= 11 is 1.42. The van der Waals surface area contributed by atoms with Crippen molar-refractivity contribution in [1.82, 2.24) is 0 Å². The molecule has 0 unspecified atom stereocenters. The van der Waals surface area contributed by atoms with E-state index >= 15 is 0 Å². The molecule has 0 radical (unpaired) electrons. The fourth-order valence-electron chi connectivity index (χ4n) is 3.51. The van der Waals surface area contributed by atoms with E-state index in [1.807, 2.05) is 0 Å². The Labute approximate surface area is 181 Å². The Hall–Kier alpha value is -1.36. The number of hydrogen-bond acceptors (Lipinski definition) is 3. The molecule has 0 spiro atoms. The molecule has 4 nitrogen and oxygen atoms in total. The monoisotopic (exact) mass is 423 g/mol. The van der Waals surface area contributed by atoms with Crippen molar-refractivity contribution in [2.45, 2.75) is 117 Å². The van der Waals surface area contributed by atoms with Gasteiger partial charge in [0.05, 0.1) is 5.56 Å². The van der Waals surface area contributed by atoms with E-state index in [9.17, 15) is 14.7 Å². The first-order chi connectivity index (χ1) is 14.1. The second-order valence-corrected chi connectivity index (χ2v) is 9.19. The first-order valence-electron chi connectivity index (χ1n) is 11.7. The van der Waals surface area contributed by atoms with Crippen LogP contribution in [0, 0.1) is 0 Å². The Balaban J connectivity index is 2.29. The fraction of sp³-hybridized carbons (Fsp3) is 0.750. The molecule has 0 bridgehead atoms. The highest BCUT2D eigenvalue weighted by atomic mass is 32.1. The summed E-state index contributed by atoms with van der Waals surface area (Å²) in [5.41, 5.74) is 0.235. The van der Waals surface area contributed by atoms with E-state index in [2.05, 4.69) is 19.2 Å². The van der Waals surface area contributed by atoms with Crippen LogP contribution in [-0.4, -0.2) is 17.0 Å². The Bertz CT molecular complexity index is 583. The molecule has 1 heterocycles. The third-order valence-corrected chi connectivity index (χ3v) is 6.41. The molecule has 0 atom stereocenters. The summed E-state index contributed by atoms with van der Waals surface area (Å²) in [4.78, 5) is 24.8. The van der Waals surface area contributed by atoms with Crippen molar-refractivity contribution >= 4 is 28.2 Å². The highest BCUT2D eigenvalue weighted by Crippen LogP contribution is 2.30. The largest absolute Gasteiger partial charge is 0.478 e. The maximum Gasteiger partial charge on any atom is 0.338 e. The van der Waals surface area contributed by atoms with E-state index in [-0.39, 0.29) is 11.5 Å². The first-order valence-corrected chi connectivity index (χ1v) is 12.6. The minimum Gasteiger partial charge on any atom is -0.478 e. The number of hydrogen-bond donors (Lipinski definition) is 2. The Morgan fingerprint density at radius 1 is 0.828 bits per heavy atom. The van der Waals surface area contributed by atoms with Gasteiger partial charge in [-0.05, 0) is 25.3 Å². The number of carbonyl (C=O) groups is 2. The van der Waals surface area contributed by atoms with Gasteiger partial charge in [-0.1, -0.05) is 90.9 Å². The van der Waals surface area contributed by atoms with Crippen LogP contribution in [0.4, 0.5) is 5.00 Å². The number of carboxylic acid groups (broad SMARTS) is 1. The van der Waals surface area contributed by atoms with Gasteiger partial charge in [-0.25, -0.2) is 4.79 Å². The highest BCUT2D eigenvalue weighted by Gasteiger charge is 2.17. The summed E-state index contributed by atoms with van der Waals surface area (Å²) in [6.45, 7) is 4.43. The van der Waals surface area contributed by atoms with E-state index in [1.54, 1.807) is 6.07 Å². The zero-order valence-electron chi connectivity index (χ0n) is 18.6. The molecule has 0 fully saturated rings. The minimum atomic E-state index is -0.961. The lowest BCUT2D eigenvalue weighted by molar-refractivity contribution is -0.116. The molecular weight excluding hydrogens is 382 g/mol. The number of nitrogens with one attached hydrogen (secondary N) is 1. The Morgan fingerprint density at radius 2 is 1.34 bits per heavy atom. The third-order valence-electron chi connectivity index (χ3n) is 5.30. The van der Waals surface area contributed by atoms with Crippen molar-refractivity contribution in [3.63, 3.8) is 0 Å². The third kappa shape index (κ3) is 12.0. The molecule has 1 amide bonds. The topological polar surface area (TPSA) is 66.4 Å². The summed E-state index contributed by atoms with van der Waals surface area (Å²) in [5.74, 6) is -1.02. The summed E-state index contributed by atoms with van der Waals surface area (Å²) in [5, 5.41) is 12.8. The molecule has 5 heteroatoms. The van der Waals surface area contributed by atoms with E-state index < -0.39 is 5.97 Å². The van der Waals surface area contributed by atoms with Gasteiger partial charge in [0.1, 0.15) is 5.00 Å². The number of amides is 1. The van der Waals surface area contributed by atoms with Gasteiger partial charge in [-0.15, -0.1) is 11.3 Å². The van der Waals surface area contributed by atoms with Crippen molar-refractivity contribution in [1.29, 1.82) is 0 Å². The predicted molar refractivity (Wildman–Crippen MR) is 124 cm³/mol. The number of aryl methyl sites for hydroxylation is 1. The number of anilines is 1. The smallest absolute Gasteiger partial charge is 0.338 e. The fourth-order valence-corrected chi connectivity index (χ4v) is 4.61. The lowest BCUT2D eigenvalue weighted by atomic mass is 10.1. The van der Waals surface area contributed by atoms with Gasteiger partial charge in [0.15, 0.2) is 0 Å². The zero-order valence-corrected chi connectivity index (χ0v) is 19.4. The molecule has 166 valence electrons. The van der Waals surface area contributed by atoms with Crippen molar-refractivity contribution in [2.75, 3.05) is 5.32 Å². The van der Waals surface area contributed by atoms with Crippen LogP contribution >= 0.6 is 11.3 Å². The Kier molecular flexibility index (Phi) is 14.6. The lowest BCUT2D eigenvalue weighted by Crippen LogP contribution is -2.12. The van der Waals surface area contributed by atoms with E-state index in [0.717, 1.165) is 30.6 Å². The maximum atomic E-state index is 12.2. The van der Waals surface area contributed by atoms with Gasteiger partial charge >= 0.3 is 5.97 Å². The van der Waals surface area contributed by atoms with Crippen LogP contribution in [0.15, 0.2) is 6.07 Å². The van der Waals surface area contributed by atoms with Crippen LogP contribution < -0.4 is 5.32 Å². The van der Waals surface area contributed by atoms with Crippen LogP contribution in [0.25, 0.3) is 0 Å². The number of rotatable bonds is 18. The van der Waals surface area contributed by atoms with Gasteiger partial charge in [0, 0.05) is 11.3 Å². The van der Waals surface area contributed by atoms with Gasteiger partial charge in [-0.2, -0.15) is 0 Å². The van der Waals surface area contributed by atoms with Crippen LogP contribution in [0.2, 0.25) is 0 Å². The highest BCUT2D eigenvalue weighted by molar-refractivity contribution is 7.16. The van der Waals surface area contributed by atoms with Gasteiger partial charge in [-0.3, -0.25) is 4.79 Å². The SMILES string of the molecule is CCCCCCCCCCCC(=O)Nc1sc(CCCCCCC)cc1C(=O)O. The molecule has 0 aromatic carbocycles. The van der Waals surface area contributed by atoms with E-state index in [0.29, 0.717) is 11.4 Å². The quantitative estimate of drug-likeness (QED) is 0.236. The average Bonchev–Trinajstić information content (AvgIpc) is 3.09. The zero-order chi connectivity index (χ0) is 21.3. The number of aromatic carboxylic acids is 1. The van der Waals surface area contributed by atoms with E-state index in [1.165, 1.54) is 82.0 Å². The molecule has 1 aromatic rings. The number of carboxylic acids is 1. The Morgan fingerprint density at radius 3 is 1.90 bits per heavy atom. The van der Waals surface area contributed by atoms with Crippen molar-refractivity contribution in [2.24, 2.45) is 0 Å². The molecule has 0 saturated carbocycles. The molecule has 29 heavy (non-hydrogen) atoms. The van der Waals surface area contributed by atoms with Gasteiger partial charge in [0.2, 0.25) is 5.91 Å². The molecule has 2 N–H and O–H groups in total. The molecule has 0 saturated heterocycles. The van der Waals surface area contributed by atoms with E-state index in [4.69, 9.17) is 0 Å². The van der Waals surface area contributed by atoms with Crippen LogP contribution in [-0.2, 0) is 11.2 Å². The van der Waals surface area contributed by atoms with Gasteiger partial charge in [0.25, 0.3) is 0 Å². The molecule has 1 rings (SSSR count). The normalized spacial score (nSPS) is 11.0. The second kappa shape index (κ2) is 16.4. The molecule has 1 aromatic heterocycles. The van der Waals surface area contributed by atoms with Crippen molar-refractivity contribution in [3.8, 4) is 0 Å². The number of thiophene rings is 1. The summed E-state index contributed by atoms with van der Waals surface area (Å²) in [6, 6.07) is 1.74. The number of unbranched alkanes of at least 4 members (excludes halogenated alkanes) is 12. The summed E-state index contributed by atoms with van der Waals surface area (Å²) in [7, 11) is 0. The van der Waals surface area contributed by atoms with Crippen LogP contribution in [0.3, 0.4) is 0 Å². The number of carbonyl (C=O) groups excluding carboxylic acids is 1. The lowest BCUT2D eigenvalue weighted by Gasteiger charge is -2.05. The summed E-state index contributed by atoms with van der Waals surface area (Å²) < 4.78 is 0. The minimum absolute atomic E-state index is 0.0632. The molecule has 0 aliphatic carbocycles. The molecule has 0 aliphatic heterocycles. The predicted octanol–water partition coefficient (Wildman–Crippen LogP) is 7.82. The standard InChI is InChI=1S/C24H41NO3S/c1-3-5-7-9-10-11-12-14-16-18-22(26)25-23-21(24(27)28)19-20(29-23)17-15-13-8-6-4-2/h19H,3-18H2,1-2H3,(H,25,26)(H,27,28). The van der Waals surface area contributed by atoms with Crippen LogP contribution in [0.1, 0.15) is 125 Å². The first kappa shape index (κ1) is 25.7. The molecule has 0 aliphatic rings. The molecular formula is C24H41NO3S. The van der Waals surface area contributed by atoms with Crippen molar-refractivity contribution < 1.29 is 14.7 Å². The van der Waals surface area contributed by atoms with Crippen LogP contribution in [0.5, 0.6) is 0 Å². The van der Waals surface area contributed by atoms with Crippen molar-refractivity contribution in [3.05, 3.63) is 16.5 Å². The summed E-state index contributed by atoms with van der Waals surface area (Å²) in [6.07, 6.45) is 18.3.